The molecule has 0 saturated carbocycles. The minimum atomic E-state index is -3.01. The maximum Gasteiger partial charge on any atom is 0.153 e. The first-order valence-electron chi connectivity index (χ1n) is 5.77. The van der Waals surface area contributed by atoms with Gasteiger partial charge in [0.05, 0.1) is 10.9 Å². The summed E-state index contributed by atoms with van der Waals surface area (Å²) in [6.07, 6.45) is 3.48. The van der Waals surface area contributed by atoms with Gasteiger partial charge in [-0.15, -0.1) is 0 Å². The van der Waals surface area contributed by atoms with E-state index >= 15 is 0 Å². The molecule has 1 aliphatic rings. The van der Waals surface area contributed by atoms with E-state index in [4.69, 9.17) is 4.74 Å². The van der Waals surface area contributed by atoms with E-state index < -0.39 is 14.6 Å². The van der Waals surface area contributed by atoms with Crippen LogP contribution in [0.4, 0.5) is 0 Å². The van der Waals surface area contributed by atoms with Gasteiger partial charge in [-0.3, -0.25) is 0 Å². The molecule has 0 bridgehead atoms. The first kappa shape index (κ1) is 13.9. The fraction of sp³-hybridized carbons (Fsp3) is 1.00. The molecule has 0 radical (unpaired) electrons. The number of sulfone groups is 1. The average molecular weight is 249 g/mol. The fourth-order valence-electron chi connectivity index (χ4n) is 1.70. The number of hydrogen-bond donors (Lipinski definition) is 1. The molecule has 96 valence electrons. The maximum atomic E-state index is 11.5. The van der Waals surface area contributed by atoms with Crippen LogP contribution >= 0.6 is 0 Å². The van der Waals surface area contributed by atoms with Crippen molar-refractivity contribution in [3.8, 4) is 0 Å². The van der Waals surface area contributed by atoms with Crippen LogP contribution in [-0.4, -0.2) is 44.7 Å². The Bertz CT molecular complexity index is 324. The van der Waals surface area contributed by atoms with E-state index in [0.29, 0.717) is 12.6 Å². The van der Waals surface area contributed by atoms with Gasteiger partial charge in [-0.2, -0.15) is 0 Å². The van der Waals surface area contributed by atoms with Crippen molar-refractivity contribution in [3.05, 3.63) is 0 Å². The number of nitrogens with one attached hydrogen (secondary N) is 1. The standard InChI is InChI=1S/C11H23NO3S/c1-9-7-10(5-6-15-9)12-8-11(2,3)16(4,13)14/h9-10,12H,5-8H2,1-4H3. The van der Waals surface area contributed by atoms with Crippen molar-refractivity contribution < 1.29 is 13.2 Å². The summed E-state index contributed by atoms with van der Waals surface area (Å²) in [5.74, 6) is 0. The Morgan fingerprint density at radius 2 is 2.06 bits per heavy atom. The second-order valence-electron chi connectivity index (χ2n) is 5.32. The monoisotopic (exact) mass is 249 g/mol. The molecule has 2 unspecified atom stereocenters. The molecule has 0 aromatic rings. The van der Waals surface area contributed by atoms with Crippen LogP contribution in [0.25, 0.3) is 0 Å². The van der Waals surface area contributed by atoms with Gasteiger partial charge in [0, 0.05) is 25.4 Å². The summed E-state index contributed by atoms with van der Waals surface area (Å²) in [6, 6.07) is 0.379. The second-order valence-corrected chi connectivity index (χ2v) is 7.96. The lowest BCUT2D eigenvalue weighted by atomic mass is 10.0. The Hall–Kier alpha value is -0.130. The van der Waals surface area contributed by atoms with Gasteiger partial charge in [0.15, 0.2) is 9.84 Å². The molecule has 2 atom stereocenters. The number of rotatable bonds is 4. The quantitative estimate of drug-likeness (QED) is 0.806. The van der Waals surface area contributed by atoms with E-state index in [-0.39, 0.29) is 6.10 Å². The van der Waals surface area contributed by atoms with Gasteiger partial charge in [0.1, 0.15) is 0 Å². The predicted molar refractivity (Wildman–Crippen MR) is 65.4 cm³/mol. The van der Waals surface area contributed by atoms with E-state index in [2.05, 4.69) is 12.2 Å². The normalized spacial score (nSPS) is 28.0. The largest absolute Gasteiger partial charge is 0.378 e. The first-order valence-corrected chi connectivity index (χ1v) is 7.66. The summed E-state index contributed by atoms with van der Waals surface area (Å²) in [5.41, 5.74) is 0. The highest BCUT2D eigenvalue weighted by molar-refractivity contribution is 7.92. The lowest BCUT2D eigenvalue weighted by molar-refractivity contribution is 0.0131. The van der Waals surface area contributed by atoms with Gasteiger partial charge in [-0.1, -0.05) is 0 Å². The molecule has 1 fully saturated rings. The van der Waals surface area contributed by atoms with Gasteiger partial charge in [-0.05, 0) is 33.6 Å². The molecule has 16 heavy (non-hydrogen) atoms. The first-order chi connectivity index (χ1) is 7.22. The molecule has 0 amide bonds. The van der Waals surface area contributed by atoms with Crippen LogP contribution in [0.15, 0.2) is 0 Å². The Labute approximate surface area is 98.7 Å². The van der Waals surface area contributed by atoms with Crippen molar-refractivity contribution in [1.29, 1.82) is 0 Å². The molecule has 1 N–H and O–H groups in total. The molecule has 4 nitrogen and oxygen atoms in total. The van der Waals surface area contributed by atoms with Crippen LogP contribution in [0.2, 0.25) is 0 Å². The highest BCUT2D eigenvalue weighted by Gasteiger charge is 2.31. The summed E-state index contributed by atoms with van der Waals surface area (Å²) in [6.45, 7) is 6.84. The summed E-state index contributed by atoms with van der Waals surface area (Å²) < 4.78 is 27.8. The van der Waals surface area contributed by atoms with E-state index in [9.17, 15) is 8.42 Å². The van der Waals surface area contributed by atoms with Crippen LogP contribution in [-0.2, 0) is 14.6 Å². The van der Waals surface area contributed by atoms with Crippen LogP contribution < -0.4 is 5.32 Å². The third-order valence-electron chi connectivity index (χ3n) is 3.31. The zero-order valence-corrected chi connectivity index (χ0v) is 11.4. The molecule has 0 spiro atoms. The number of hydrogen-bond acceptors (Lipinski definition) is 4. The smallest absolute Gasteiger partial charge is 0.153 e. The molecule has 1 rings (SSSR count). The minimum absolute atomic E-state index is 0.271. The van der Waals surface area contributed by atoms with E-state index in [1.54, 1.807) is 13.8 Å². The molecule has 1 saturated heterocycles. The number of ether oxygens (including phenoxy) is 1. The zero-order chi connectivity index (χ0) is 12.4. The Balaban J connectivity index is 2.45. The second kappa shape index (κ2) is 5.02. The fourth-order valence-corrected chi connectivity index (χ4v) is 2.05. The third kappa shape index (κ3) is 3.71. The maximum absolute atomic E-state index is 11.5. The van der Waals surface area contributed by atoms with Crippen molar-refractivity contribution in [2.24, 2.45) is 0 Å². The highest BCUT2D eigenvalue weighted by Crippen LogP contribution is 2.17. The Morgan fingerprint density at radius 3 is 2.56 bits per heavy atom. The van der Waals surface area contributed by atoms with Crippen molar-refractivity contribution in [2.45, 2.75) is 50.5 Å². The summed E-state index contributed by atoms with van der Waals surface area (Å²) >= 11 is 0. The van der Waals surface area contributed by atoms with Gasteiger partial charge in [-0.25, -0.2) is 8.42 Å². The summed E-state index contributed by atoms with van der Waals surface area (Å²) in [7, 11) is -3.01. The lowest BCUT2D eigenvalue weighted by Gasteiger charge is -2.31. The van der Waals surface area contributed by atoms with Crippen LogP contribution in [0, 0.1) is 0 Å². The van der Waals surface area contributed by atoms with E-state index in [0.717, 1.165) is 19.4 Å². The van der Waals surface area contributed by atoms with Crippen molar-refractivity contribution in [1.82, 2.24) is 5.32 Å². The van der Waals surface area contributed by atoms with Gasteiger partial charge in [0.2, 0.25) is 0 Å². The van der Waals surface area contributed by atoms with Crippen LogP contribution in [0.3, 0.4) is 0 Å². The molecule has 1 aliphatic heterocycles. The lowest BCUT2D eigenvalue weighted by Crippen LogP contribution is -2.47. The van der Waals surface area contributed by atoms with Gasteiger partial charge < -0.3 is 10.1 Å². The van der Waals surface area contributed by atoms with Crippen LogP contribution in [0.1, 0.15) is 33.6 Å². The molecular formula is C11H23NO3S. The molecule has 0 aliphatic carbocycles. The molecule has 0 aromatic carbocycles. The zero-order valence-electron chi connectivity index (χ0n) is 10.6. The van der Waals surface area contributed by atoms with Crippen LogP contribution in [0.5, 0.6) is 0 Å². The topological polar surface area (TPSA) is 55.4 Å². The molecule has 1 heterocycles. The van der Waals surface area contributed by atoms with Gasteiger partial charge >= 0.3 is 0 Å². The van der Waals surface area contributed by atoms with E-state index in [1.807, 2.05) is 0 Å². The average Bonchev–Trinajstić information content (AvgIpc) is 2.13. The summed E-state index contributed by atoms with van der Waals surface area (Å²) in [5, 5.41) is 3.34. The molecule has 0 aromatic heterocycles. The van der Waals surface area contributed by atoms with Crippen molar-refractivity contribution in [2.75, 3.05) is 19.4 Å². The molecular weight excluding hydrogens is 226 g/mol. The van der Waals surface area contributed by atoms with Crippen molar-refractivity contribution in [3.63, 3.8) is 0 Å². The van der Waals surface area contributed by atoms with E-state index in [1.165, 1.54) is 6.26 Å². The highest BCUT2D eigenvalue weighted by atomic mass is 32.2. The molecule has 5 heteroatoms. The SMILES string of the molecule is CC1CC(NCC(C)(C)S(C)(=O)=O)CCO1. The Morgan fingerprint density at radius 1 is 1.44 bits per heavy atom. The predicted octanol–water partition coefficient (Wildman–Crippen LogP) is 0.967. The minimum Gasteiger partial charge on any atom is -0.378 e. The van der Waals surface area contributed by atoms with Gasteiger partial charge in [0.25, 0.3) is 0 Å². The third-order valence-corrected chi connectivity index (χ3v) is 5.46. The summed E-state index contributed by atoms with van der Waals surface area (Å²) in [4.78, 5) is 0. The van der Waals surface area contributed by atoms with Crippen molar-refractivity contribution >= 4 is 9.84 Å². The Kier molecular flexibility index (Phi) is 4.37.